The summed E-state index contributed by atoms with van der Waals surface area (Å²) < 4.78 is 4.28. The SMILES string of the molecule is COC(=O)NNC=C(C=Nc1ccccc1)[N+](=O)[O-]. The minimum absolute atomic E-state index is 0.319. The van der Waals surface area contributed by atoms with Gasteiger partial charge in [-0.1, -0.05) is 18.2 Å². The highest BCUT2D eigenvalue weighted by molar-refractivity contribution is 5.78. The van der Waals surface area contributed by atoms with E-state index in [4.69, 9.17) is 0 Å². The molecule has 0 aromatic heterocycles. The molecule has 0 aliphatic carbocycles. The quantitative estimate of drug-likeness (QED) is 0.474. The Hall–Kier alpha value is -2.90. The van der Waals surface area contributed by atoms with E-state index >= 15 is 0 Å². The Morgan fingerprint density at radius 2 is 2.11 bits per heavy atom. The Balaban J connectivity index is 2.68. The van der Waals surface area contributed by atoms with E-state index in [1.54, 1.807) is 24.3 Å². The Morgan fingerprint density at radius 3 is 2.68 bits per heavy atom. The number of amides is 1. The summed E-state index contributed by atoms with van der Waals surface area (Å²) in [6.45, 7) is 0. The van der Waals surface area contributed by atoms with Crippen molar-refractivity contribution in [2.75, 3.05) is 7.11 Å². The van der Waals surface area contributed by atoms with Gasteiger partial charge in [0.2, 0.25) is 0 Å². The van der Waals surface area contributed by atoms with Gasteiger partial charge < -0.3 is 4.74 Å². The van der Waals surface area contributed by atoms with Gasteiger partial charge in [-0.25, -0.2) is 15.2 Å². The predicted octanol–water partition coefficient (Wildman–Crippen LogP) is 1.37. The normalized spacial score (nSPS) is 11.1. The van der Waals surface area contributed by atoms with Crippen LogP contribution in [-0.4, -0.2) is 24.3 Å². The minimum atomic E-state index is -0.765. The largest absolute Gasteiger partial charge is 0.452 e. The number of benzene rings is 1. The summed E-state index contributed by atoms with van der Waals surface area (Å²) in [5.41, 5.74) is 4.56. The van der Waals surface area contributed by atoms with E-state index < -0.39 is 11.0 Å². The van der Waals surface area contributed by atoms with E-state index in [9.17, 15) is 14.9 Å². The molecule has 0 saturated carbocycles. The summed E-state index contributed by atoms with van der Waals surface area (Å²) in [5, 5.41) is 10.7. The van der Waals surface area contributed by atoms with Gasteiger partial charge in [-0.15, -0.1) is 0 Å². The highest BCUT2D eigenvalue weighted by Gasteiger charge is 2.06. The molecule has 2 N–H and O–H groups in total. The monoisotopic (exact) mass is 264 g/mol. The van der Waals surface area contributed by atoms with Crippen LogP contribution in [0.1, 0.15) is 0 Å². The van der Waals surface area contributed by atoms with Crippen LogP contribution in [0.25, 0.3) is 0 Å². The number of hydrazine groups is 1. The maximum absolute atomic E-state index is 10.7. The maximum Gasteiger partial charge on any atom is 0.425 e. The third-order valence-corrected chi connectivity index (χ3v) is 1.89. The summed E-state index contributed by atoms with van der Waals surface area (Å²) in [5.74, 6) is 0. The fourth-order valence-corrected chi connectivity index (χ4v) is 1.01. The lowest BCUT2D eigenvalue weighted by Gasteiger charge is -2.01. The summed E-state index contributed by atoms with van der Waals surface area (Å²) in [6, 6.07) is 8.74. The van der Waals surface area contributed by atoms with Crippen LogP contribution < -0.4 is 10.9 Å². The van der Waals surface area contributed by atoms with Gasteiger partial charge in [0.25, 0.3) is 0 Å². The third-order valence-electron chi connectivity index (χ3n) is 1.89. The molecule has 0 saturated heterocycles. The number of ether oxygens (including phenoxy) is 1. The number of hydrogen-bond donors (Lipinski definition) is 2. The first-order valence-corrected chi connectivity index (χ1v) is 5.16. The maximum atomic E-state index is 10.7. The molecular formula is C11H12N4O4. The molecule has 100 valence electrons. The van der Waals surface area contributed by atoms with E-state index in [1.807, 2.05) is 6.07 Å². The lowest BCUT2D eigenvalue weighted by atomic mass is 10.3. The fraction of sp³-hybridized carbons (Fsp3) is 0.0909. The summed E-state index contributed by atoms with van der Waals surface area (Å²) in [7, 11) is 1.17. The molecule has 0 unspecified atom stereocenters. The van der Waals surface area contributed by atoms with Crippen molar-refractivity contribution >= 4 is 18.0 Å². The van der Waals surface area contributed by atoms with Gasteiger partial charge in [0.15, 0.2) is 0 Å². The van der Waals surface area contributed by atoms with Gasteiger partial charge >= 0.3 is 11.8 Å². The van der Waals surface area contributed by atoms with E-state index in [0.29, 0.717) is 5.69 Å². The van der Waals surface area contributed by atoms with Crippen LogP contribution in [0, 0.1) is 10.1 Å². The van der Waals surface area contributed by atoms with Crippen molar-refractivity contribution in [3.05, 3.63) is 52.3 Å². The number of nitrogens with one attached hydrogen (secondary N) is 2. The molecule has 19 heavy (non-hydrogen) atoms. The van der Waals surface area contributed by atoms with E-state index in [2.05, 4.69) is 20.6 Å². The average Bonchev–Trinajstić information content (AvgIpc) is 2.43. The van der Waals surface area contributed by atoms with Crippen LogP contribution in [0.3, 0.4) is 0 Å². The van der Waals surface area contributed by atoms with Crippen molar-refractivity contribution in [3.63, 3.8) is 0 Å². The lowest BCUT2D eigenvalue weighted by Crippen LogP contribution is -2.34. The van der Waals surface area contributed by atoms with Crippen molar-refractivity contribution in [2.24, 2.45) is 4.99 Å². The number of para-hydroxylation sites is 1. The molecule has 0 fully saturated rings. The Morgan fingerprint density at radius 1 is 1.42 bits per heavy atom. The van der Waals surface area contributed by atoms with Gasteiger partial charge in [0, 0.05) is 0 Å². The molecule has 1 aromatic carbocycles. The van der Waals surface area contributed by atoms with Gasteiger partial charge in [0.1, 0.15) is 6.21 Å². The zero-order valence-corrected chi connectivity index (χ0v) is 10.1. The number of aliphatic imine (C=N–C) groups is 1. The molecule has 8 heteroatoms. The average molecular weight is 264 g/mol. The van der Waals surface area contributed by atoms with Crippen molar-refractivity contribution in [1.29, 1.82) is 0 Å². The Kier molecular flexibility index (Phi) is 5.54. The first-order valence-electron chi connectivity index (χ1n) is 5.16. The Labute approximate surface area is 108 Å². The second kappa shape index (κ2) is 7.43. The van der Waals surface area contributed by atoms with E-state index in [-0.39, 0.29) is 5.70 Å². The van der Waals surface area contributed by atoms with Crippen molar-refractivity contribution < 1.29 is 14.5 Å². The first kappa shape index (κ1) is 14.2. The molecule has 0 spiro atoms. The summed E-state index contributed by atoms with van der Waals surface area (Å²) in [6.07, 6.45) is 1.30. The molecule has 1 amide bonds. The van der Waals surface area contributed by atoms with Crippen LogP contribution in [0.15, 0.2) is 47.2 Å². The number of hydrogen-bond acceptors (Lipinski definition) is 6. The van der Waals surface area contributed by atoms with Crippen LogP contribution in [0.4, 0.5) is 10.5 Å². The molecule has 0 radical (unpaired) electrons. The number of carbonyl (C=O) groups excluding carboxylic acids is 1. The first-order chi connectivity index (χ1) is 9.13. The van der Waals surface area contributed by atoms with Crippen LogP contribution >= 0.6 is 0 Å². The molecule has 0 bridgehead atoms. The predicted molar refractivity (Wildman–Crippen MR) is 68.3 cm³/mol. The fourth-order valence-electron chi connectivity index (χ4n) is 1.01. The molecule has 0 heterocycles. The minimum Gasteiger partial charge on any atom is -0.452 e. The van der Waals surface area contributed by atoms with Crippen LogP contribution in [-0.2, 0) is 4.74 Å². The van der Waals surface area contributed by atoms with Crippen molar-refractivity contribution in [3.8, 4) is 0 Å². The molecule has 1 rings (SSSR count). The molecule has 8 nitrogen and oxygen atoms in total. The molecule has 0 aliphatic heterocycles. The molecule has 1 aromatic rings. The summed E-state index contributed by atoms with van der Waals surface area (Å²) >= 11 is 0. The molecule has 0 atom stereocenters. The smallest absolute Gasteiger partial charge is 0.425 e. The van der Waals surface area contributed by atoms with Crippen LogP contribution in [0.2, 0.25) is 0 Å². The third kappa shape index (κ3) is 5.31. The molecular weight excluding hydrogens is 252 g/mol. The number of nitro groups is 1. The van der Waals surface area contributed by atoms with E-state index in [0.717, 1.165) is 12.4 Å². The van der Waals surface area contributed by atoms with Crippen molar-refractivity contribution in [2.45, 2.75) is 0 Å². The highest BCUT2D eigenvalue weighted by atomic mass is 16.6. The number of rotatable bonds is 5. The number of methoxy groups -OCH3 is 1. The second-order valence-electron chi connectivity index (χ2n) is 3.18. The van der Waals surface area contributed by atoms with Gasteiger partial charge in [-0.2, -0.15) is 0 Å². The number of allylic oxidation sites excluding steroid dienone is 1. The Bertz CT molecular complexity index is 499. The van der Waals surface area contributed by atoms with E-state index in [1.165, 1.54) is 7.11 Å². The number of nitrogens with zero attached hydrogens (tertiary/aromatic N) is 2. The number of carbonyl (C=O) groups is 1. The van der Waals surface area contributed by atoms with Crippen LogP contribution in [0.5, 0.6) is 0 Å². The van der Waals surface area contributed by atoms with Crippen molar-refractivity contribution in [1.82, 2.24) is 10.9 Å². The lowest BCUT2D eigenvalue weighted by molar-refractivity contribution is -0.414. The standard InChI is InChI=1S/C11H12N4O4/c1-19-11(16)14-13-8-10(15(17)18)7-12-9-5-3-2-4-6-9/h2-8,13H,1H3,(H,14,16). The van der Waals surface area contributed by atoms with Gasteiger partial charge in [0.05, 0.1) is 23.9 Å². The van der Waals surface area contributed by atoms with Gasteiger partial charge in [-0.3, -0.25) is 15.5 Å². The summed E-state index contributed by atoms with van der Waals surface area (Å²) in [4.78, 5) is 24.7. The molecule has 0 aliphatic rings. The zero-order chi connectivity index (χ0) is 14.1. The zero-order valence-electron chi connectivity index (χ0n) is 10.1. The topological polar surface area (TPSA) is 106 Å². The van der Waals surface area contributed by atoms with Gasteiger partial charge in [-0.05, 0) is 12.1 Å². The second-order valence-corrected chi connectivity index (χ2v) is 3.18. The highest BCUT2D eigenvalue weighted by Crippen LogP contribution is 2.09.